The second kappa shape index (κ2) is 5.05. The average molecular weight is 266 g/mol. The highest BCUT2D eigenvalue weighted by atomic mass is 16.5. The molecule has 0 unspecified atom stereocenters. The van der Waals surface area contributed by atoms with Crippen LogP contribution in [0.5, 0.6) is 5.75 Å². The van der Waals surface area contributed by atoms with E-state index in [2.05, 4.69) is 9.97 Å². The first-order valence-corrected chi connectivity index (χ1v) is 6.18. The van der Waals surface area contributed by atoms with E-state index >= 15 is 0 Å². The van der Waals surface area contributed by atoms with Crippen molar-refractivity contribution in [2.75, 3.05) is 12.8 Å². The van der Waals surface area contributed by atoms with Crippen LogP contribution in [0.2, 0.25) is 0 Å². The Morgan fingerprint density at radius 2 is 1.85 bits per heavy atom. The monoisotopic (exact) mass is 266 g/mol. The summed E-state index contributed by atoms with van der Waals surface area (Å²) in [4.78, 5) is 8.76. The summed E-state index contributed by atoms with van der Waals surface area (Å²) in [6.45, 7) is 0. The predicted molar refractivity (Wildman–Crippen MR) is 77.8 cm³/mol. The predicted octanol–water partition coefficient (Wildman–Crippen LogP) is 2.53. The maximum Gasteiger partial charge on any atom is 0.181 e. The van der Waals surface area contributed by atoms with Crippen molar-refractivity contribution in [3.05, 3.63) is 55.0 Å². The molecule has 0 aliphatic carbocycles. The number of pyridine rings is 1. The van der Waals surface area contributed by atoms with E-state index in [0.29, 0.717) is 11.6 Å². The first kappa shape index (κ1) is 12.2. The summed E-state index contributed by atoms with van der Waals surface area (Å²) >= 11 is 0. The first-order chi connectivity index (χ1) is 9.79. The van der Waals surface area contributed by atoms with E-state index in [0.717, 1.165) is 17.1 Å². The van der Waals surface area contributed by atoms with Crippen molar-refractivity contribution >= 4 is 5.69 Å². The standard InChI is InChI=1S/C15H14N4O/c1-20-13-3-2-8-17-15(13)19-10-9-18-14(19)11-4-6-12(16)7-5-11/h2-10H,16H2,1H3. The molecule has 0 bridgehead atoms. The fourth-order valence-electron chi connectivity index (χ4n) is 2.04. The van der Waals surface area contributed by atoms with Crippen molar-refractivity contribution < 1.29 is 4.74 Å². The summed E-state index contributed by atoms with van der Waals surface area (Å²) in [7, 11) is 1.63. The van der Waals surface area contributed by atoms with Crippen LogP contribution in [0.4, 0.5) is 5.69 Å². The van der Waals surface area contributed by atoms with Gasteiger partial charge in [0.15, 0.2) is 11.6 Å². The highest BCUT2D eigenvalue weighted by Crippen LogP contribution is 2.26. The quantitative estimate of drug-likeness (QED) is 0.740. The Balaban J connectivity index is 2.13. The maximum absolute atomic E-state index is 5.72. The number of nitrogens with two attached hydrogens (primary N) is 1. The maximum atomic E-state index is 5.72. The van der Waals surface area contributed by atoms with Crippen LogP contribution in [0, 0.1) is 0 Å². The van der Waals surface area contributed by atoms with Crippen molar-refractivity contribution in [3.8, 4) is 23.0 Å². The molecule has 0 aliphatic rings. The van der Waals surface area contributed by atoms with Gasteiger partial charge in [0.1, 0.15) is 5.82 Å². The average Bonchev–Trinajstić information content (AvgIpc) is 2.97. The van der Waals surface area contributed by atoms with Gasteiger partial charge in [-0.3, -0.25) is 4.57 Å². The van der Waals surface area contributed by atoms with E-state index in [1.807, 2.05) is 47.2 Å². The van der Waals surface area contributed by atoms with Gasteiger partial charge in [-0.1, -0.05) is 0 Å². The number of aromatic nitrogens is 3. The molecule has 2 N–H and O–H groups in total. The van der Waals surface area contributed by atoms with E-state index in [9.17, 15) is 0 Å². The molecule has 20 heavy (non-hydrogen) atoms. The molecule has 5 heteroatoms. The lowest BCUT2D eigenvalue weighted by Gasteiger charge is -2.10. The Kier molecular flexibility index (Phi) is 3.09. The number of nitrogen functional groups attached to an aromatic ring is 1. The lowest BCUT2D eigenvalue weighted by atomic mass is 10.2. The molecule has 0 spiro atoms. The molecule has 3 aromatic rings. The minimum Gasteiger partial charge on any atom is -0.493 e. The van der Waals surface area contributed by atoms with E-state index < -0.39 is 0 Å². The number of ether oxygens (including phenoxy) is 1. The molecule has 2 aromatic heterocycles. The van der Waals surface area contributed by atoms with Crippen LogP contribution in [0.25, 0.3) is 17.2 Å². The molecule has 0 amide bonds. The smallest absolute Gasteiger partial charge is 0.181 e. The summed E-state index contributed by atoms with van der Waals surface area (Å²) in [6.07, 6.45) is 5.32. The molecule has 0 saturated carbocycles. The molecule has 0 radical (unpaired) electrons. The van der Waals surface area contributed by atoms with Crippen LogP contribution in [0.15, 0.2) is 55.0 Å². The number of nitrogens with zero attached hydrogens (tertiary/aromatic N) is 3. The van der Waals surface area contributed by atoms with Crippen molar-refractivity contribution in [3.63, 3.8) is 0 Å². The minimum atomic E-state index is 0.696. The van der Waals surface area contributed by atoms with E-state index in [-0.39, 0.29) is 0 Å². The highest BCUT2D eigenvalue weighted by Gasteiger charge is 2.12. The van der Waals surface area contributed by atoms with Crippen LogP contribution >= 0.6 is 0 Å². The van der Waals surface area contributed by atoms with Crippen LogP contribution in [-0.4, -0.2) is 21.6 Å². The zero-order chi connectivity index (χ0) is 13.9. The van der Waals surface area contributed by atoms with Crippen LogP contribution in [-0.2, 0) is 0 Å². The molecule has 5 nitrogen and oxygen atoms in total. The van der Waals surface area contributed by atoms with Gasteiger partial charge < -0.3 is 10.5 Å². The van der Waals surface area contributed by atoms with Gasteiger partial charge in [-0.25, -0.2) is 9.97 Å². The van der Waals surface area contributed by atoms with Gasteiger partial charge in [-0.2, -0.15) is 0 Å². The van der Waals surface area contributed by atoms with Gasteiger partial charge in [0.25, 0.3) is 0 Å². The fraction of sp³-hybridized carbons (Fsp3) is 0.0667. The van der Waals surface area contributed by atoms with Crippen LogP contribution < -0.4 is 10.5 Å². The third-order valence-corrected chi connectivity index (χ3v) is 3.01. The molecular formula is C15H14N4O. The van der Waals surface area contributed by atoms with E-state index in [4.69, 9.17) is 10.5 Å². The largest absolute Gasteiger partial charge is 0.493 e. The zero-order valence-electron chi connectivity index (χ0n) is 11.0. The highest BCUT2D eigenvalue weighted by molar-refractivity contribution is 5.62. The second-order valence-corrected chi connectivity index (χ2v) is 4.27. The van der Waals surface area contributed by atoms with Crippen LogP contribution in [0.3, 0.4) is 0 Å². The number of methoxy groups -OCH3 is 1. The zero-order valence-corrected chi connectivity index (χ0v) is 11.0. The number of imidazole rings is 1. The Hall–Kier alpha value is -2.82. The molecule has 0 fully saturated rings. The van der Waals surface area contributed by atoms with E-state index in [1.165, 1.54) is 0 Å². The summed E-state index contributed by atoms with van der Waals surface area (Å²) in [5.74, 6) is 2.20. The SMILES string of the molecule is COc1cccnc1-n1ccnc1-c1ccc(N)cc1. The van der Waals surface area contributed by atoms with Gasteiger partial charge in [0.2, 0.25) is 0 Å². The Bertz CT molecular complexity index is 719. The minimum absolute atomic E-state index is 0.696. The van der Waals surface area contributed by atoms with Crippen LogP contribution in [0.1, 0.15) is 0 Å². The molecule has 0 saturated heterocycles. The number of benzene rings is 1. The van der Waals surface area contributed by atoms with Gasteiger partial charge >= 0.3 is 0 Å². The molecule has 100 valence electrons. The second-order valence-electron chi connectivity index (χ2n) is 4.27. The molecule has 3 rings (SSSR count). The molecule has 0 atom stereocenters. The normalized spacial score (nSPS) is 10.4. The fourth-order valence-corrected chi connectivity index (χ4v) is 2.04. The van der Waals surface area contributed by atoms with E-state index in [1.54, 1.807) is 19.5 Å². The summed E-state index contributed by atoms with van der Waals surface area (Å²) in [5, 5.41) is 0. The van der Waals surface area contributed by atoms with Crippen molar-refractivity contribution in [1.29, 1.82) is 0 Å². The summed E-state index contributed by atoms with van der Waals surface area (Å²) in [6, 6.07) is 11.3. The Morgan fingerprint density at radius 3 is 2.60 bits per heavy atom. The van der Waals surface area contributed by atoms with Gasteiger partial charge in [0, 0.05) is 29.8 Å². The number of hydrogen-bond donors (Lipinski definition) is 1. The van der Waals surface area contributed by atoms with Crippen molar-refractivity contribution in [2.24, 2.45) is 0 Å². The van der Waals surface area contributed by atoms with Gasteiger partial charge in [-0.05, 0) is 36.4 Å². The first-order valence-electron chi connectivity index (χ1n) is 6.18. The lowest BCUT2D eigenvalue weighted by Crippen LogP contribution is -2.02. The number of anilines is 1. The topological polar surface area (TPSA) is 66.0 Å². The molecular weight excluding hydrogens is 252 g/mol. The lowest BCUT2D eigenvalue weighted by molar-refractivity contribution is 0.411. The van der Waals surface area contributed by atoms with Gasteiger partial charge in [0.05, 0.1) is 7.11 Å². The summed E-state index contributed by atoms with van der Waals surface area (Å²) in [5.41, 5.74) is 7.41. The third kappa shape index (κ3) is 2.09. The van der Waals surface area contributed by atoms with Crippen molar-refractivity contribution in [1.82, 2.24) is 14.5 Å². The van der Waals surface area contributed by atoms with Crippen molar-refractivity contribution in [2.45, 2.75) is 0 Å². The summed E-state index contributed by atoms with van der Waals surface area (Å²) < 4.78 is 7.24. The van der Waals surface area contributed by atoms with Gasteiger partial charge in [-0.15, -0.1) is 0 Å². The molecule has 0 aliphatic heterocycles. The number of rotatable bonds is 3. The molecule has 1 aromatic carbocycles. The Labute approximate surface area is 116 Å². The number of hydrogen-bond acceptors (Lipinski definition) is 4. The Morgan fingerprint density at radius 1 is 1.05 bits per heavy atom. The third-order valence-electron chi connectivity index (χ3n) is 3.01. The molecule has 2 heterocycles.